The third-order valence-corrected chi connectivity index (χ3v) is 18.8. The van der Waals surface area contributed by atoms with Crippen LogP contribution in [-0.2, 0) is 89.6 Å². The first kappa shape index (κ1) is 93.2. The number of benzene rings is 2. The predicted molar refractivity (Wildman–Crippen MR) is 406 cm³/mol. The van der Waals surface area contributed by atoms with E-state index in [2.05, 4.69) is 69.1 Å². The van der Waals surface area contributed by atoms with Gasteiger partial charge >= 0.3 is 0 Å². The molecule has 616 valence electrons. The standard InChI is InChI=1S/C76H118N16O19/c1-41(2)32-50(81-55(98)37-78-62(104)56(42(3)4)83-64(106)71(8,9)88-67(109)74(14,15)89-65(107)72(10,11)85-59(101)51(79-43(5)94)34-45-28-24-21-25-29-45)58(100)84-73(12,13)66(108)90-76(18,19)69(111)91-38-47(95)35-52(91)60(102)82-49(30-31-54(77)97)57(99)86-75(16,17)68(110)92-39-48(96)36-53(92)61(103)87-70(6,7)63(105)80-46(40-93)33-44-26-22-20-23-27-44/h20-29,41-42,46-53,56,93,95-96H,30-40H2,1-19H3,(H2,77,97)(H,78,104)(H,79,94)(H,80,105)(H,81,98)(H,82,102)(H,83,106)(H,84,100)(H,85,101)(H,86,99)(H,87,103)(H,88,109)(H,89,107)(H,90,108)/t46-,47+,48+,49-,50-,51-,52-,53-,56-/m0/s1. The number of hydrogen-bond donors (Lipinski definition) is 17. The molecule has 9 atom stereocenters. The van der Waals surface area contributed by atoms with Gasteiger partial charge in [0, 0.05) is 45.7 Å². The fraction of sp³-hybridized carbons (Fsp3) is 0.632. The van der Waals surface area contributed by atoms with Crippen LogP contribution in [0.25, 0.3) is 0 Å². The van der Waals surface area contributed by atoms with Crippen molar-refractivity contribution in [1.29, 1.82) is 0 Å². The van der Waals surface area contributed by atoms with Crippen molar-refractivity contribution in [2.75, 3.05) is 26.2 Å². The van der Waals surface area contributed by atoms with E-state index in [1.807, 2.05) is 18.2 Å². The van der Waals surface area contributed by atoms with Crippen molar-refractivity contribution < 1.29 is 92.0 Å². The molecule has 0 unspecified atom stereocenters. The molecule has 2 aliphatic rings. The van der Waals surface area contributed by atoms with Crippen LogP contribution in [0.5, 0.6) is 0 Å². The quantitative estimate of drug-likeness (QED) is 0.0322. The largest absolute Gasteiger partial charge is 0.394 e. The maximum Gasteiger partial charge on any atom is 0.248 e. The lowest BCUT2D eigenvalue weighted by Crippen LogP contribution is -2.67. The van der Waals surface area contributed by atoms with Crippen molar-refractivity contribution in [1.82, 2.24) is 78.9 Å². The molecule has 111 heavy (non-hydrogen) atoms. The Labute approximate surface area is 648 Å². The second kappa shape index (κ2) is 38.7. The van der Waals surface area contributed by atoms with Crippen LogP contribution >= 0.6 is 0 Å². The van der Waals surface area contributed by atoms with Gasteiger partial charge in [-0.3, -0.25) is 76.7 Å². The Hall–Kier alpha value is -10.2. The van der Waals surface area contributed by atoms with E-state index in [0.717, 1.165) is 20.9 Å². The van der Waals surface area contributed by atoms with E-state index in [4.69, 9.17) is 5.73 Å². The van der Waals surface area contributed by atoms with Crippen LogP contribution in [0.4, 0.5) is 0 Å². The van der Waals surface area contributed by atoms with Crippen molar-refractivity contribution in [3.63, 3.8) is 0 Å². The number of hydrogen-bond acceptors (Lipinski definition) is 19. The summed E-state index contributed by atoms with van der Waals surface area (Å²) < 4.78 is 0. The number of aliphatic hydroxyl groups is 3. The summed E-state index contributed by atoms with van der Waals surface area (Å²) in [5.41, 5.74) is -5.25. The number of carbonyl (C=O) groups is 16. The third kappa shape index (κ3) is 27.4. The van der Waals surface area contributed by atoms with Gasteiger partial charge < -0.3 is 100.0 Å². The Bertz CT molecular complexity index is 3750. The fourth-order valence-corrected chi connectivity index (χ4v) is 12.2. The monoisotopic (exact) mass is 1560 g/mol. The number of nitrogens with zero attached hydrogens (tertiary/aromatic N) is 2. The van der Waals surface area contributed by atoms with Crippen molar-refractivity contribution in [2.24, 2.45) is 17.6 Å². The summed E-state index contributed by atoms with van der Waals surface area (Å²) in [4.78, 5) is 222. The highest BCUT2D eigenvalue weighted by Gasteiger charge is 2.50. The molecule has 35 heteroatoms. The Balaban J connectivity index is 1.37. The molecular weight excluding hydrogens is 1440 g/mol. The van der Waals surface area contributed by atoms with E-state index in [-0.39, 0.29) is 44.6 Å². The van der Waals surface area contributed by atoms with E-state index in [0.29, 0.717) is 0 Å². The number of aliphatic hydroxyl groups excluding tert-OH is 3. The van der Waals surface area contributed by atoms with Crippen molar-refractivity contribution in [3.05, 3.63) is 71.8 Å². The average Bonchev–Trinajstić information content (AvgIpc) is 1.70. The zero-order chi connectivity index (χ0) is 84.4. The molecule has 2 saturated heterocycles. The van der Waals surface area contributed by atoms with Crippen LogP contribution in [0, 0.1) is 11.8 Å². The Morgan fingerprint density at radius 1 is 0.459 bits per heavy atom. The average molecular weight is 1560 g/mol. The number of rotatable bonds is 38. The van der Waals surface area contributed by atoms with Crippen molar-refractivity contribution in [3.8, 4) is 0 Å². The Morgan fingerprint density at radius 2 is 0.856 bits per heavy atom. The number of nitrogens with two attached hydrogens (primary N) is 1. The summed E-state index contributed by atoms with van der Waals surface area (Å²) in [5.74, 6) is -14.0. The van der Waals surface area contributed by atoms with Gasteiger partial charge in [-0.25, -0.2) is 0 Å². The molecule has 0 aromatic heterocycles. The highest BCUT2D eigenvalue weighted by molar-refractivity contribution is 6.03. The minimum Gasteiger partial charge on any atom is -0.394 e. The molecule has 2 aromatic carbocycles. The summed E-state index contributed by atoms with van der Waals surface area (Å²) >= 11 is 0. The van der Waals surface area contributed by atoms with Gasteiger partial charge in [0.2, 0.25) is 94.5 Å². The van der Waals surface area contributed by atoms with Gasteiger partial charge in [0.1, 0.15) is 75.0 Å². The molecule has 0 spiro atoms. The summed E-state index contributed by atoms with van der Waals surface area (Å²) in [6, 6.07) is 9.11. The smallest absolute Gasteiger partial charge is 0.248 e. The van der Waals surface area contributed by atoms with Gasteiger partial charge in [-0.15, -0.1) is 0 Å². The first-order valence-electron chi connectivity index (χ1n) is 37.0. The molecule has 0 aliphatic carbocycles. The molecule has 0 radical (unpaired) electrons. The molecule has 0 saturated carbocycles. The minimum absolute atomic E-state index is 0.0160. The molecular formula is C76H118N16O19. The normalized spacial score (nSPS) is 17.6. The molecule has 4 rings (SSSR count). The highest BCUT2D eigenvalue weighted by atomic mass is 16.3. The molecule has 2 heterocycles. The van der Waals surface area contributed by atoms with Crippen LogP contribution in [0.3, 0.4) is 0 Å². The Kier molecular flexibility index (Phi) is 32.5. The van der Waals surface area contributed by atoms with E-state index < -0.39 is 226 Å². The number of likely N-dealkylation sites (tertiary alicyclic amines) is 2. The van der Waals surface area contributed by atoms with Crippen LogP contribution in [-0.4, -0.2) is 239 Å². The van der Waals surface area contributed by atoms with E-state index >= 15 is 0 Å². The molecule has 16 amide bonds. The topological polar surface area (TPSA) is 523 Å². The molecule has 18 N–H and O–H groups in total. The lowest BCUT2D eigenvalue weighted by Gasteiger charge is -2.37. The van der Waals surface area contributed by atoms with Crippen molar-refractivity contribution >= 4 is 94.5 Å². The van der Waals surface area contributed by atoms with E-state index in [1.54, 1.807) is 70.2 Å². The van der Waals surface area contributed by atoms with E-state index in [9.17, 15) is 92.0 Å². The van der Waals surface area contributed by atoms with Gasteiger partial charge in [0.05, 0.1) is 31.4 Å². The molecule has 2 aliphatic heterocycles. The molecule has 2 aromatic rings. The second-order valence-corrected chi connectivity index (χ2v) is 33.1. The van der Waals surface area contributed by atoms with Gasteiger partial charge in [0.25, 0.3) is 0 Å². The number of amides is 16. The molecule has 0 bridgehead atoms. The molecule has 35 nitrogen and oxygen atoms in total. The lowest BCUT2D eigenvalue weighted by atomic mass is 9.95. The summed E-state index contributed by atoms with van der Waals surface area (Å²) in [6.45, 7) is 24.9. The maximum atomic E-state index is 14.5. The summed E-state index contributed by atoms with van der Waals surface area (Å²) in [6.07, 6.45) is -3.63. The number of nitrogens with one attached hydrogen (secondary N) is 13. The SMILES string of the molecule is CC(=O)N[C@@H](Cc1ccccc1)C(=O)NC(C)(C)C(=O)NC(C)(C)C(=O)NC(C)(C)C(=O)N[C@H](C(=O)NCC(=O)N[C@@H](CC(C)C)C(=O)NC(C)(C)C(=O)NC(C)(C)C(=O)N1C[C@H](O)C[C@H]1C(=O)N[C@@H](CCC(N)=O)C(=O)NC(C)(C)C(=O)N1C[C@H](O)C[C@H]1C(=O)NC(C)(C)C(=O)N[C@H](CO)Cc1ccccc1)C(C)C. The van der Waals surface area contributed by atoms with E-state index in [1.165, 1.54) is 104 Å². The van der Waals surface area contributed by atoms with Gasteiger partial charge in [-0.2, -0.15) is 0 Å². The number of β-amino-alcohol motifs (C(OH)–C–C–N with tert-alkyl or cyclic N) is 2. The van der Waals surface area contributed by atoms with Crippen molar-refractivity contribution in [2.45, 2.75) is 270 Å². The first-order chi connectivity index (χ1) is 51.1. The van der Waals surface area contributed by atoms with Gasteiger partial charge in [-0.1, -0.05) is 88.4 Å². The lowest BCUT2D eigenvalue weighted by molar-refractivity contribution is -0.147. The predicted octanol–water partition coefficient (Wildman–Crippen LogP) is -2.82. The number of carbonyl (C=O) groups excluding carboxylic acids is 16. The van der Waals surface area contributed by atoms with Crippen LogP contribution in [0.1, 0.15) is 175 Å². The fourth-order valence-electron chi connectivity index (χ4n) is 12.2. The second-order valence-electron chi connectivity index (χ2n) is 33.1. The summed E-state index contributed by atoms with van der Waals surface area (Å²) in [5, 5.41) is 65.5. The molecule has 2 fully saturated rings. The third-order valence-electron chi connectivity index (χ3n) is 18.8. The highest BCUT2D eigenvalue weighted by Crippen LogP contribution is 2.27. The zero-order valence-corrected chi connectivity index (χ0v) is 67.2. The summed E-state index contributed by atoms with van der Waals surface area (Å²) in [7, 11) is 0. The van der Waals surface area contributed by atoms with Crippen LogP contribution in [0.15, 0.2) is 60.7 Å². The van der Waals surface area contributed by atoms with Crippen LogP contribution < -0.4 is 74.9 Å². The van der Waals surface area contributed by atoms with Crippen LogP contribution in [0.2, 0.25) is 0 Å². The van der Waals surface area contributed by atoms with Gasteiger partial charge in [-0.05, 0) is 139 Å². The maximum absolute atomic E-state index is 14.5. The number of primary amides is 1. The minimum atomic E-state index is -1.90. The first-order valence-corrected chi connectivity index (χ1v) is 37.0. The zero-order valence-electron chi connectivity index (χ0n) is 67.2. The Morgan fingerprint density at radius 3 is 1.31 bits per heavy atom. The van der Waals surface area contributed by atoms with Gasteiger partial charge in [0.15, 0.2) is 0 Å².